The lowest BCUT2D eigenvalue weighted by Gasteiger charge is -2.16. The van der Waals surface area contributed by atoms with Gasteiger partial charge >= 0.3 is 0 Å². The van der Waals surface area contributed by atoms with Crippen molar-refractivity contribution < 1.29 is 19.0 Å². The van der Waals surface area contributed by atoms with Crippen molar-refractivity contribution in [2.75, 3.05) is 21.3 Å². The van der Waals surface area contributed by atoms with Gasteiger partial charge in [0.2, 0.25) is 5.75 Å². The fourth-order valence-corrected chi connectivity index (χ4v) is 1.85. The predicted molar refractivity (Wildman–Crippen MR) is 65.5 cm³/mol. The van der Waals surface area contributed by atoms with Gasteiger partial charge < -0.3 is 14.2 Å². The van der Waals surface area contributed by atoms with Crippen molar-refractivity contribution in [1.82, 2.24) is 0 Å². The monoisotopic (exact) mass is 258 g/mol. The summed E-state index contributed by atoms with van der Waals surface area (Å²) < 4.78 is 15.6. The molecule has 0 saturated carbocycles. The first-order valence-electron chi connectivity index (χ1n) is 5.01. The van der Waals surface area contributed by atoms with Crippen molar-refractivity contribution in [3.63, 3.8) is 0 Å². The van der Waals surface area contributed by atoms with E-state index >= 15 is 0 Å². The van der Waals surface area contributed by atoms with E-state index in [1.807, 2.05) is 0 Å². The van der Waals surface area contributed by atoms with E-state index in [2.05, 4.69) is 0 Å². The highest BCUT2D eigenvalue weighted by Crippen LogP contribution is 2.43. The number of carbonyl (C=O) groups excluding carboxylic acids is 1. The van der Waals surface area contributed by atoms with Gasteiger partial charge in [-0.1, -0.05) is 11.6 Å². The van der Waals surface area contributed by atoms with E-state index in [0.717, 1.165) is 0 Å². The minimum atomic E-state index is -0.00239. The predicted octanol–water partition coefficient (Wildman–Crippen LogP) is 2.50. The van der Waals surface area contributed by atoms with Crippen LogP contribution in [0.5, 0.6) is 17.2 Å². The van der Waals surface area contributed by atoms with Gasteiger partial charge in [0.05, 0.1) is 26.4 Å². The summed E-state index contributed by atoms with van der Waals surface area (Å²) >= 11 is 6.10. The molecule has 0 heterocycles. The molecule has 0 aliphatic rings. The van der Waals surface area contributed by atoms with Crippen LogP contribution in [-0.2, 0) is 11.2 Å². The highest BCUT2D eigenvalue weighted by molar-refractivity contribution is 6.32. The minimum absolute atomic E-state index is 0.00239. The van der Waals surface area contributed by atoms with E-state index in [1.54, 1.807) is 6.07 Å². The van der Waals surface area contributed by atoms with Gasteiger partial charge in [0, 0.05) is 18.1 Å². The Morgan fingerprint density at radius 2 is 1.76 bits per heavy atom. The second kappa shape index (κ2) is 5.77. The van der Waals surface area contributed by atoms with Crippen LogP contribution in [0, 0.1) is 0 Å². The Kier molecular flexibility index (Phi) is 4.63. The Labute approximate surface area is 105 Å². The Bertz CT molecular complexity index is 429. The van der Waals surface area contributed by atoms with Crippen LogP contribution in [0.2, 0.25) is 5.02 Å². The molecule has 0 atom stereocenters. The maximum Gasteiger partial charge on any atom is 0.203 e. The average molecular weight is 259 g/mol. The number of Topliss-reactive ketones (excluding diaryl/α,β-unsaturated/α-hetero) is 1. The molecule has 0 saturated heterocycles. The van der Waals surface area contributed by atoms with Gasteiger partial charge in [-0.2, -0.15) is 0 Å². The maximum atomic E-state index is 11.2. The van der Waals surface area contributed by atoms with Crippen LogP contribution in [-0.4, -0.2) is 27.1 Å². The summed E-state index contributed by atoms with van der Waals surface area (Å²) in [7, 11) is 4.52. The summed E-state index contributed by atoms with van der Waals surface area (Å²) in [5.74, 6) is 1.35. The molecule has 0 aliphatic carbocycles. The third kappa shape index (κ3) is 2.82. The summed E-state index contributed by atoms with van der Waals surface area (Å²) in [4.78, 5) is 11.2. The van der Waals surface area contributed by atoms with E-state index in [4.69, 9.17) is 25.8 Å². The zero-order valence-electron chi connectivity index (χ0n) is 10.3. The lowest BCUT2D eigenvalue weighted by Crippen LogP contribution is -2.03. The summed E-state index contributed by atoms with van der Waals surface area (Å²) in [6.07, 6.45) is 0.197. The SMILES string of the molecule is COc1cc(Cl)c(CC(C)=O)c(OC)c1OC. The number of rotatable bonds is 5. The second-order valence-electron chi connectivity index (χ2n) is 3.48. The van der Waals surface area contributed by atoms with Crippen LogP contribution in [0.25, 0.3) is 0 Å². The molecule has 0 amide bonds. The standard InChI is InChI=1S/C12H15ClO4/c1-7(14)5-8-9(13)6-10(15-2)12(17-4)11(8)16-3/h6H,5H2,1-4H3. The zero-order valence-corrected chi connectivity index (χ0v) is 11.1. The molecule has 17 heavy (non-hydrogen) atoms. The van der Waals surface area contributed by atoms with E-state index in [0.29, 0.717) is 27.8 Å². The molecule has 1 aromatic rings. The Morgan fingerprint density at radius 1 is 1.18 bits per heavy atom. The summed E-state index contributed by atoms with van der Waals surface area (Å²) in [5.41, 5.74) is 0.610. The molecule has 0 N–H and O–H groups in total. The fourth-order valence-electron chi connectivity index (χ4n) is 1.60. The molecule has 0 aliphatic heterocycles. The highest BCUT2D eigenvalue weighted by Gasteiger charge is 2.20. The smallest absolute Gasteiger partial charge is 0.203 e. The van der Waals surface area contributed by atoms with E-state index in [9.17, 15) is 4.79 Å². The van der Waals surface area contributed by atoms with Crippen LogP contribution in [0.1, 0.15) is 12.5 Å². The van der Waals surface area contributed by atoms with Gasteiger partial charge in [0.1, 0.15) is 5.78 Å². The molecule has 0 spiro atoms. The van der Waals surface area contributed by atoms with Crippen LogP contribution >= 0.6 is 11.6 Å². The molecule has 1 rings (SSSR count). The Balaban J connectivity index is 3.43. The highest BCUT2D eigenvalue weighted by atomic mass is 35.5. The van der Waals surface area contributed by atoms with Crippen molar-refractivity contribution in [3.05, 3.63) is 16.7 Å². The Morgan fingerprint density at radius 3 is 2.18 bits per heavy atom. The van der Waals surface area contributed by atoms with Crippen molar-refractivity contribution in [1.29, 1.82) is 0 Å². The molecule has 0 bridgehead atoms. The van der Waals surface area contributed by atoms with Gasteiger partial charge in [-0.05, 0) is 6.92 Å². The molecular formula is C12H15ClO4. The molecular weight excluding hydrogens is 244 g/mol. The van der Waals surface area contributed by atoms with Crippen molar-refractivity contribution >= 4 is 17.4 Å². The first-order chi connectivity index (χ1) is 8.04. The average Bonchev–Trinajstić information content (AvgIpc) is 2.30. The van der Waals surface area contributed by atoms with Crippen LogP contribution in [0.4, 0.5) is 0 Å². The lowest BCUT2D eigenvalue weighted by molar-refractivity contribution is -0.116. The molecule has 0 radical (unpaired) electrons. The molecule has 0 fully saturated rings. The summed E-state index contributed by atoms with van der Waals surface area (Å²) in [6.45, 7) is 1.49. The molecule has 94 valence electrons. The van der Waals surface area contributed by atoms with Gasteiger partial charge in [-0.15, -0.1) is 0 Å². The first-order valence-corrected chi connectivity index (χ1v) is 5.39. The van der Waals surface area contributed by atoms with Crippen molar-refractivity contribution in [3.8, 4) is 17.2 Å². The normalized spacial score (nSPS) is 9.94. The summed E-state index contributed by atoms with van der Waals surface area (Å²) in [6, 6.07) is 1.61. The molecule has 4 nitrogen and oxygen atoms in total. The number of ketones is 1. The molecule has 0 aromatic heterocycles. The van der Waals surface area contributed by atoms with E-state index in [-0.39, 0.29) is 12.2 Å². The third-order valence-electron chi connectivity index (χ3n) is 2.30. The molecule has 0 unspecified atom stereocenters. The number of hydrogen-bond donors (Lipinski definition) is 0. The second-order valence-corrected chi connectivity index (χ2v) is 3.89. The van der Waals surface area contributed by atoms with Crippen LogP contribution in [0.3, 0.4) is 0 Å². The number of methoxy groups -OCH3 is 3. The van der Waals surface area contributed by atoms with Gasteiger partial charge in [0.15, 0.2) is 11.5 Å². The van der Waals surface area contributed by atoms with Crippen LogP contribution in [0.15, 0.2) is 6.07 Å². The number of benzene rings is 1. The number of halogens is 1. The van der Waals surface area contributed by atoms with Crippen molar-refractivity contribution in [2.45, 2.75) is 13.3 Å². The zero-order chi connectivity index (χ0) is 13.0. The third-order valence-corrected chi connectivity index (χ3v) is 2.64. The first kappa shape index (κ1) is 13.6. The van der Waals surface area contributed by atoms with Gasteiger partial charge in [0.25, 0.3) is 0 Å². The van der Waals surface area contributed by atoms with Crippen LogP contribution < -0.4 is 14.2 Å². The number of hydrogen-bond acceptors (Lipinski definition) is 4. The van der Waals surface area contributed by atoms with E-state index in [1.165, 1.54) is 28.3 Å². The minimum Gasteiger partial charge on any atom is -0.493 e. The Hall–Kier alpha value is -1.42. The lowest BCUT2D eigenvalue weighted by atomic mass is 10.1. The maximum absolute atomic E-state index is 11.2. The van der Waals surface area contributed by atoms with Gasteiger partial charge in [-0.3, -0.25) is 4.79 Å². The number of ether oxygens (including phenoxy) is 3. The fraction of sp³-hybridized carbons (Fsp3) is 0.417. The van der Waals surface area contributed by atoms with E-state index < -0.39 is 0 Å². The number of carbonyl (C=O) groups is 1. The van der Waals surface area contributed by atoms with Crippen molar-refractivity contribution in [2.24, 2.45) is 0 Å². The summed E-state index contributed by atoms with van der Waals surface area (Å²) in [5, 5.41) is 0.426. The molecule has 5 heteroatoms. The topological polar surface area (TPSA) is 44.8 Å². The largest absolute Gasteiger partial charge is 0.493 e. The van der Waals surface area contributed by atoms with Gasteiger partial charge in [-0.25, -0.2) is 0 Å². The quantitative estimate of drug-likeness (QED) is 0.814. The molecule has 1 aromatic carbocycles.